The molecule has 6 nitrogen and oxygen atoms in total. The lowest BCUT2D eigenvalue weighted by atomic mass is 10.1. The summed E-state index contributed by atoms with van der Waals surface area (Å²) < 4.78 is 15.7. The van der Waals surface area contributed by atoms with E-state index in [1.807, 2.05) is 26.0 Å². The zero-order valence-corrected chi connectivity index (χ0v) is 16.3. The third kappa shape index (κ3) is 5.33. The number of carbonyl (C=O) groups excluding carboxylic acids is 1. The van der Waals surface area contributed by atoms with Gasteiger partial charge in [0.25, 0.3) is 5.88 Å². The highest BCUT2D eigenvalue weighted by atomic mass is 35.5. The molecule has 0 aliphatic carbocycles. The number of ether oxygens (including phenoxy) is 3. The molecular weight excluding hydrogens is 356 g/mol. The maximum atomic E-state index is 11.7. The first-order valence-electron chi connectivity index (χ1n) is 8.39. The Kier molecular flexibility index (Phi) is 6.80. The fourth-order valence-corrected chi connectivity index (χ4v) is 2.38. The van der Waals surface area contributed by atoms with Gasteiger partial charge in [-0.05, 0) is 50.5 Å². The summed E-state index contributed by atoms with van der Waals surface area (Å²) >= 11 is 5.96. The van der Waals surface area contributed by atoms with Gasteiger partial charge in [0.15, 0.2) is 5.82 Å². The normalized spacial score (nSPS) is 10.9. The first-order chi connectivity index (χ1) is 12.3. The summed E-state index contributed by atoms with van der Waals surface area (Å²) in [5.74, 6) is 1.16. The number of halogens is 1. The van der Waals surface area contributed by atoms with Crippen LogP contribution in [0.4, 0.5) is 4.79 Å². The summed E-state index contributed by atoms with van der Waals surface area (Å²) in [5, 5.41) is 0.625. The molecule has 0 aliphatic heterocycles. The van der Waals surface area contributed by atoms with E-state index in [2.05, 4.69) is 28.6 Å². The van der Waals surface area contributed by atoms with E-state index in [-0.39, 0.29) is 23.7 Å². The second kappa shape index (κ2) is 8.85. The molecule has 140 valence electrons. The minimum absolute atomic E-state index is 0.158. The summed E-state index contributed by atoms with van der Waals surface area (Å²) in [5.41, 5.74) is 1.37. The standard InChI is InChI=1S/C19H23ClN2O4/c1-11(2)10-15-16(26-19(23)24-5)18(25-12(3)4)22-17(21-15)13-6-8-14(20)9-7-13/h6-9,11-12H,10H2,1-5H3. The predicted octanol–water partition coefficient (Wildman–Crippen LogP) is 4.93. The predicted molar refractivity (Wildman–Crippen MR) is 99.8 cm³/mol. The van der Waals surface area contributed by atoms with Crippen LogP contribution in [0.15, 0.2) is 24.3 Å². The molecule has 0 N–H and O–H groups in total. The minimum atomic E-state index is -0.841. The molecular formula is C19H23ClN2O4. The molecule has 0 bridgehead atoms. The van der Waals surface area contributed by atoms with E-state index in [0.717, 1.165) is 5.56 Å². The van der Waals surface area contributed by atoms with Crippen molar-refractivity contribution in [2.24, 2.45) is 5.92 Å². The van der Waals surface area contributed by atoms with Gasteiger partial charge in [-0.15, -0.1) is 0 Å². The van der Waals surface area contributed by atoms with E-state index < -0.39 is 6.16 Å². The lowest BCUT2D eigenvalue weighted by Crippen LogP contribution is -2.16. The van der Waals surface area contributed by atoms with Crippen LogP contribution in [0.1, 0.15) is 33.4 Å². The number of carbonyl (C=O) groups is 1. The van der Waals surface area contributed by atoms with Crippen LogP contribution in [0.3, 0.4) is 0 Å². The van der Waals surface area contributed by atoms with Crippen LogP contribution in [0.2, 0.25) is 5.02 Å². The molecule has 1 aromatic carbocycles. The highest BCUT2D eigenvalue weighted by Gasteiger charge is 2.23. The summed E-state index contributed by atoms with van der Waals surface area (Å²) in [7, 11) is 1.25. The number of methoxy groups -OCH3 is 1. The molecule has 26 heavy (non-hydrogen) atoms. The number of aromatic nitrogens is 2. The summed E-state index contributed by atoms with van der Waals surface area (Å²) in [6.07, 6.45) is -0.412. The van der Waals surface area contributed by atoms with E-state index in [1.165, 1.54) is 7.11 Å². The first kappa shape index (κ1) is 20.0. The summed E-state index contributed by atoms with van der Waals surface area (Å²) in [6.45, 7) is 7.84. The molecule has 7 heteroatoms. The van der Waals surface area contributed by atoms with Crippen molar-refractivity contribution in [3.63, 3.8) is 0 Å². The fraction of sp³-hybridized carbons (Fsp3) is 0.421. The molecule has 0 fully saturated rings. The van der Waals surface area contributed by atoms with Crippen molar-refractivity contribution in [1.82, 2.24) is 9.97 Å². The van der Waals surface area contributed by atoms with Gasteiger partial charge < -0.3 is 14.2 Å². The molecule has 0 aliphatic rings. The van der Waals surface area contributed by atoms with E-state index in [0.29, 0.717) is 23.0 Å². The molecule has 1 heterocycles. The maximum Gasteiger partial charge on any atom is 0.513 e. The molecule has 0 unspecified atom stereocenters. The number of nitrogens with zero attached hydrogens (tertiary/aromatic N) is 2. The van der Waals surface area contributed by atoms with E-state index >= 15 is 0 Å². The number of hydrogen-bond donors (Lipinski definition) is 0. The average Bonchev–Trinajstić information content (AvgIpc) is 2.56. The van der Waals surface area contributed by atoms with Crippen molar-refractivity contribution in [3.8, 4) is 23.0 Å². The van der Waals surface area contributed by atoms with Gasteiger partial charge in [-0.1, -0.05) is 25.4 Å². The molecule has 0 saturated carbocycles. The van der Waals surface area contributed by atoms with Crippen LogP contribution in [-0.2, 0) is 11.2 Å². The Balaban J connectivity index is 2.60. The molecule has 0 radical (unpaired) electrons. The third-order valence-electron chi connectivity index (χ3n) is 3.31. The summed E-state index contributed by atoms with van der Waals surface area (Å²) in [6, 6.07) is 7.20. The first-order valence-corrected chi connectivity index (χ1v) is 8.77. The zero-order chi connectivity index (χ0) is 19.3. The maximum absolute atomic E-state index is 11.7. The van der Waals surface area contributed by atoms with Crippen LogP contribution in [0.5, 0.6) is 11.6 Å². The van der Waals surface area contributed by atoms with Crippen molar-refractivity contribution in [2.75, 3.05) is 7.11 Å². The van der Waals surface area contributed by atoms with Crippen LogP contribution in [0, 0.1) is 5.92 Å². The highest BCUT2D eigenvalue weighted by Crippen LogP contribution is 2.34. The minimum Gasteiger partial charge on any atom is -0.472 e. The van der Waals surface area contributed by atoms with E-state index in [9.17, 15) is 4.79 Å². The lowest BCUT2D eigenvalue weighted by Gasteiger charge is -2.17. The monoisotopic (exact) mass is 378 g/mol. The van der Waals surface area contributed by atoms with Gasteiger partial charge in [0.05, 0.1) is 18.9 Å². The van der Waals surface area contributed by atoms with Gasteiger partial charge in [-0.2, -0.15) is 4.98 Å². The Hall–Kier alpha value is -2.34. The van der Waals surface area contributed by atoms with Gasteiger partial charge >= 0.3 is 6.16 Å². The SMILES string of the molecule is COC(=O)Oc1c(CC(C)C)nc(-c2ccc(Cl)cc2)nc1OC(C)C. The van der Waals surface area contributed by atoms with Crippen molar-refractivity contribution in [1.29, 1.82) is 0 Å². The quantitative estimate of drug-likeness (QED) is 0.664. The Morgan fingerprint density at radius 2 is 1.77 bits per heavy atom. The van der Waals surface area contributed by atoms with Gasteiger partial charge in [0, 0.05) is 10.6 Å². The zero-order valence-electron chi connectivity index (χ0n) is 15.6. The Labute approximate surface area is 158 Å². The van der Waals surface area contributed by atoms with Gasteiger partial charge in [0.2, 0.25) is 5.75 Å². The Morgan fingerprint density at radius 3 is 2.31 bits per heavy atom. The fourth-order valence-electron chi connectivity index (χ4n) is 2.26. The van der Waals surface area contributed by atoms with E-state index in [4.69, 9.17) is 21.1 Å². The molecule has 1 aromatic heterocycles. The number of benzene rings is 1. The Bertz CT molecular complexity index is 730. The molecule has 0 spiro atoms. The second-order valence-electron chi connectivity index (χ2n) is 6.46. The highest BCUT2D eigenvalue weighted by molar-refractivity contribution is 6.30. The van der Waals surface area contributed by atoms with Crippen molar-refractivity contribution >= 4 is 17.8 Å². The van der Waals surface area contributed by atoms with Gasteiger partial charge in [-0.3, -0.25) is 0 Å². The van der Waals surface area contributed by atoms with Gasteiger partial charge in [-0.25, -0.2) is 9.78 Å². The third-order valence-corrected chi connectivity index (χ3v) is 3.56. The smallest absolute Gasteiger partial charge is 0.472 e. The van der Waals surface area contributed by atoms with Crippen LogP contribution >= 0.6 is 11.6 Å². The molecule has 2 rings (SSSR count). The van der Waals surface area contributed by atoms with E-state index in [1.54, 1.807) is 12.1 Å². The van der Waals surface area contributed by atoms with Crippen molar-refractivity contribution in [2.45, 2.75) is 40.2 Å². The molecule has 0 atom stereocenters. The largest absolute Gasteiger partial charge is 0.513 e. The molecule has 2 aromatic rings. The number of rotatable bonds is 6. The van der Waals surface area contributed by atoms with Crippen molar-refractivity contribution < 1.29 is 19.0 Å². The summed E-state index contributed by atoms with van der Waals surface area (Å²) in [4.78, 5) is 20.7. The van der Waals surface area contributed by atoms with Crippen molar-refractivity contribution in [3.05, 3.63) is 35.0 Å². The topological polar surface area (TPSA) is 70.5 Å². The average molecular weight is 379 g/mol. The molecule has 0 saturated heterocycles. The van der Waals surface area contributed by atoms with Crippen LogP contribution in [-0.4, -0.2) is 29.3 Å². The second-order valence-corrected chi connectivity index (χ2v) is 6.89. The van der Waals surface area contributed by atoms with Gasteiger partial charge in [0.1, 0.15) is 0 Å². The molecule has 0 amide bonds. The number of hydrogen-bond acceptors (Lipinski definition) is 6. The van der Waals surface area contributed by atoms with Crippen LogP contribution in [0.25, 0.3) is 11.4 Å². The lowest BCUT2D eigenvalue weighted by molar-refractivity contribution is 0.116. The van der Waals surface area contributed by atoms with Crippen LogP contribution < -0.4 is 9.47 Å². The Morgan fingerprint density at radius 1 is 1.12 bits per heavy atom.